The van der Waals surface area contributed by atoms with Crippen molar-refractivity contribution in [3.8, 4) is 6.07 Å². The number of thiophene rings is 1. The lowest BCUT2D eigenvalue weighted by Gasteiger charge is -2.05. The molecule has 12 heavy (non-hydrogen) atoms. The molecule has 1 aromatic rings. The summed E-state index contributed by atoms with van der Waals surface area (Å²) in [6.45, 7) is 2.51. The summed E-state index contributed by atoms with van der Waals surface area (Å²) in [4.78, 5) is 5.66. The van der Waals surface area contributed by atoms with Gasteiger partial charge in [-0.2, -0.15) is 5.26 Å². The van der Waals surface area contributed by atoms with Gasteiger partial charge in [-0.15, -0.1) is 11.3 Å². The summed E-state index contributed by atoms with van der Waals surface area (Å²) in [6.07, 6.45) is 0. The molecule has 0 saturated heterocycles. The zero-order chi connectivity index (χ0) is 8.97. The molecule has 0 bridgehead atoms. The normalized spacial score (nSPS) is 12.4. The topological polar surface area (TPSA) is 59.0 Å². The SMILES string of the molecule is CC(CON)c1cc(C#N)cs1. The van der Waals surface area contributed by atoms with E-state index < -0.39 is 0 Å². The Labute approximate surface area is 75.3 Å². The largest absolute Gasteiger partial charge is 0.304 e. The maximum Gasteiger partial charge on any atom is 0.100 e. The first-order valence-electron chi connectivity index (χ1n) is 3.58. The van der Waals surface area contributed by atoms with Crippen LogP contribution in [0.1, 0.15) is 23.3 Å². The van der Waals surface area contributed by atoms with Crippen molar-refractivity contribution in [1.82, 2.24) is 0 Å². The third-order valence-electron chi connectivity index (χ3n) is 1.58. The summed E-state index contributed by atoms with van der Waals surface area (Å²) in [5, 5.41) is 10.4. The minimum Gasteiger partial charge on any atom is -0.304 e. The van der Waals surface area contributed by atoms with E-state index in [1.807, 2.05) is 18.4 Å². The number of hydrogen-bond acceptors (Lipinski definition) is 4. The van der Waals surface area contributed by atoms with Crippen LogP contribution in [-0.2, 0) is 4.84 Å². The Balaban J connectivity index is 2.69. The molecule has 0 amide bonds. The average molecular weight is 182 g/mol. The van der Waals surface area contributed by atoms with E-state index in [9.17, 15) is 0 Å². The van der Waals surface area contributed by atoms with Crippen molar-refractivity contribution in [2.24, 2.45) is 5.90 Å². The Kier molecular flexibility index (Phi) is 3.23. The summed E-state index contributed by atoms with van der Waals surface area (Å²) in [5.74, 6) is 5.21. The molecule has 0 saturated carbocycles. The molecule has 0 aliphatic heterocycles. The fourth-order valence-electron chi connectivity index (χ4n) is 0.896. The molecule has 0 aliphatic carbocycles. The Morgan fingerprint density at radius 1 is 1.83 bits per heavy atom. The smallest absolute Gasteiger partial charge is 0.100 e. The second-order valence-electron chi connectivity index (χ2n) is 2.58. The van der Waals surface area contributed by atoms with Crippen LogP contribution in [0.25, 0.3) is 0 Å². The van der Waals surface area contributed by atoms with Gasteiger partial charge in [-0.1, -0.05) is 6.92 Å². The molecule has 4 heteroatoms. The molecule has 1 unspecified atom stereocenters. The first-order valence-corrected chi connectivity index (χ1v) is 4.46. The molecule has 0 aromatic carbocycles. The van der Waals surface area contributed by atoms with Crippen LogP contribution in [0, 0.1) is 11.3 Å². The fraction of sp³-hybridized carbons (Fsp3) is 0.375. The van der Waals surface area contributed by atoms with Crippen LogP contribution in [0.2, 0.25) is 0 Å². The molecule has 3 nitrogen and oxygen atoms in total. The Bertz CT molecular complexity index is 289. The van der Waals surface area contributed by atoms with Crippen LogP contribution in [-0.4, -0.2) is 6.61 Å². The maximum atomic E-state index is 8.56. The van der Waals surface area contributed by atoms with Crippen LogP contribution >= 0.6 is 11.3 Å². The van der Waals surface area contributed by atoms with Crippen molar-refractivity contribution in [3.05, 3.63) is 21.9 Å². The number of nitrogens with zero attached hydrogens (tertiary/aromatic N) is 1. The Hall–Kier alpha value is -0.890. The summed E-state index contributed by atoms with van der Waals surface area (Å²) in [5.41, 5.74) is 0.707. The van der Waals surface area contributed by atoms with Crippen molar-refractivity contribution in [1.29, 1.82) is 5.26 Å². The van der Waals surface area contributed by atoms with Crippen molar-refractivity contribution >= 4 is 11.3 Å². The van der Waals surface area contributed by atoms with Crippen LogP contribution in [0.15, 0.2) is 11.4 Å². The lowest BCUT2D eigenvalue weighted by molar-refractivity contribution is 0.127. The van der Waals surface area contributed by atoms with E-state index in [0.29, 0.717) is 12.2 Å². The van der Waals surface area contributed by atoms with Crippen LogP contribution in [0.4, 0.5) is 0 Å². The first kappa shape index (κ1) is 9.20. The third kappa shape index (κ3) is 2.05. The highest BCUT2D eigenvalue weighted by atomic mass is 32.1. The molecule has 1 rings (SSSR count). The minimum atomic E-state index is 0.266. The van der Waals surface area contributed by atoms with Crippen LogP contribution in [0.3, 0.4) is 0 Å². The van der Waals surface area contributed by atoms with Gasteiger partial charge < -0.3 is 4.84 Å². The molecular weight excluding hydrogens is 172 g/mol. The highest BCUT2D eigenvalue weighted by Gasteiger charge is 2.07. The van der Waals surface area contributed by atoms with Crippen LogP contribution < -0.4 is 5.90 Å². The van der Waals surface area contributed by atoms with Gasteiger partial charge in [0.15, 0.2) is 0 Å². The molecule has 1 heterocycles. The third-order valence-corrected chi connectivity index (χ3v) is 2.74. The molecule has 1 aromatic heterocycles. The van der Waals surface area contributed by atoms with E-state index in [-0.39, 0.29) is 5.92 Å². The van der Waals surface area contributed by atoms with Gasteiger partial charge in [0, 0.05) is 16.2 Å². The van der Waals surface area contributed by atoms with Gasteiger partial charge in [-0.05, 0) is 6.07 Å². The minimum absolute atomic E-state index is 0.266. The van der Waals surface area contributed by atoms with Gasteiger partial charge in [0.25, 0.3) is 0 Å². The van der Waals surface area contributed by atoms with Crippen molar-refractivity contribution in [3.63, 3.8) is 0 Å². The molecule has 2 N–H and O–H groups in total. The Morgan fingerprint density at radius 2 is 2.58 bits per heavy atom. The molecule has 64 valence electrons. The summed E-state index contributed by atoms with van der Waals surface area (Å²) in [7, 11) is 0. The summed E-state index contributed by atoms with van der Waals surface area (Å²) in [6, 6.07) is 3.95. The lowest BCUT2D eigenvalue weighted by Crippen LogP contribution is -2.07. The molecular formula is C8H10N2OS. The number of nitrogens with two attached hydrogens (primary N) is 1. The second kappa shape index (κ2) is 4.21. The predicted octanol–water partition coefficient (Wildman–Crippen LogP) is 1.61. The van der Waals surface area contributed by atoms with Gasteiger partial charge in [0.05, 0.1) is 12.2 Å². The Morgan fingerprint density at radius 3 is 3.08 bits per heavy atom. The van der Waals surface area contributed by atoms with E-state index >= 15 is 0 Å². The highest BCUT2D eigenvalue weighted by Crippen LogP contribution is 2.23. The standard InChI is InChI=1S/C8H10N2OS/c1-6(4-11-10)8-2-7(3-9)5-12-8/h2,5-6H,4,10H2,1H3. The number of hydrogen-bond donors (Lipinski definition) is 1. The van der Waals surface area contributed by atoms with Crippen molar-refractivity contribution in [2.45, 2.75) is 12.8 Å². The van der Waals surface area contributed by atoms with E-state index in [1.54, 1.807) is 11.3 Å². The number of rotatable bonds is 3. The summed E-state index contributed by atoms with van der Waals surface area (Å²) >= 11 is 1.56. The van der Waals surface area contributed by atoms with Gasteiger partial charge in [-0.25, -0.2) is 5.90 Å². The van der Waals surface area contributed by atoms with E-state index in [1.165, 1.54) is 0 Å². The highest BCUT2D eigenvalue weighted by molar-refractivity contribution is 7.10. The van der Waals surface area contributed by atoms with Crippen molar-refractivity contribution < 1.29 is 4.84 Å². The van der Waals surface area contributed by atoms with Gasteiger partial charge >= 0.3 is 0 Å². The van der Waals surface area contributed by atoms with Crippen molar-refractivity contribution in [2.75, 3.05) is 6.61 Å². The first-order chi connectivity index (χ1) is 5.77. The van der Waals surface area contributed by atoms with Crippen LogP contribution in [0.5, 0.6) is 0 Å². The quantitative estimate of drug-likeness (QED) is 0.722. The number of nitriles is 1. The van der Waals surface area contributed by atoms with E-state index in [4.69, 9.17) is 11.2 Å². The zero-order valence-electron chi connectivity index (χ0n) is 6.78. The monoisotopic (exact) mass is 182 g/mol. The average Bonchev–Trinajstić information content (AvgIpc) is 2.52. The molecule has 0 spiro atoms. The molecule has 1 atom stereocenters. The van der Waals surface area contributed by atoms with Gasteiger partial charge in [0.2, 0.25) is 0 Å². The molecule has 0 radical (unpaired) electrons. The predicted molar refractivity (Wildman–Crippen MR) is 47.6 cm³/mol. The maximum absolute atomic E-state index is 8.56. The second-order valence-corrected chi connectivity index (χ2v) is 3.53. The fourth-order valence-corrected chi connectivity index (χ4v) is 1.78. The van der Waals surface area contributed by atoms with Gasteiger partial charge in [0.1, 0.15) is 6.07 Å². The van der Waals surface area contributed by atoms with Gasteiger partial charge in [-0.3, -0.25) is 0 Å². The van der Waals surface area contributed by atoms with E-state index in [0.717, 1.165) is 4.88 Å². The van der Waals surface area contributed by atoms with E-state index in [2.05, 4.69) is 10.9 Å². The zero-order valence-corrected chi connectivity index (χ0v) is 7.60. The lowest BCUT2D eigenvalue weighted by atomic mass is 10.1. The molecule has 0 fully saturated rings. The molecule has 0 aliphatic rings. The summed E-state index contributed by atoms with van der Waals surface area (Å²) < 4.78 is 0.